The van der Waals surface area contributed by atoms with Gasteiger partial charge < -0.3 is 4.74 Å². The zero-order chi connectivity index (χ0) is 25.1. The Kier molecular flexibility index (Phi) is 7.62. The second kappa shape index (κ2) is 10.9. The number of carbonyl (C=O) groups excluding carboxylic acids is 1. The van der Waals surface area contributed by atoms with E-state index in [0.29, 0.717) is 23.5 Å². The van der Waals surface area contributed by atoms with Crippen molar-refractivity contribution in [1.29, 1.82) is 0 Å². The zero-order valence-corrected chi connectivity index (χ0v) is 21.5. The van der Waals surface area contributed by atoms with E-state index < -0.39 is 12.5 Å². The molecule has 5 rings (SSSR count). The molecule has 2 aliphatic rings. The summed E-state index contributed by atoms with van der Waals surface area (Å²) in [7, 11) is 0. The van der Waals surface area contributed by atoms with Gasteiger partial charge in [-0.1, -0.05) is 42.4 Å². The van der Waals surface area contributed by atoms with Crippen molar-refractivity contribution in [1.82, 2.24) is 14.9 Å². The van der Waals surface area contributed by atoms with Crippen molar-refractivity contribution in [2.45, 2.75) is 64.3 Å². The third-order valence-corrected chi connectivity index (χ3v) is 8.55. The SMILES string of the molecule is CC(F)(F)COc1nc2c(s1)CCN(CCC1CCC(CC(=O)c3cccc4ncccc34)CC1)C2. The molecule has 0 radical (unpaired) electrons. The fraction of sp³-hybridized carbons (Fsp3) is 0.536. The van der Waals surface area contributed by atoms with Gasteiger partial charge in [0.15, 0.2) is 12.4 Å². The summed E-state index contributed by atoms with van der Waals surface area (Å²) in [6.07, 6.45) is 9.01. The van der Waals surface area contributed by atoms with Crippen molar-refractivity contribution in [3.05, 3.63) is 52.7 Å². The van der Waals surface area contributed by atoms with Crippen LogP contribution in [0.25, 0.3) is 10.9 Å². The largest absolute Gasteiger partial charge is 0.464 e. The number of alkyl halides is 2. The highest BCUT2D eigenvalue weighted by Crippen LogP contribution is 2.35. The molecule has 0 unspecified atom stereocenters. The van der Waals surface area contributed by atoms with Gasteiger partial charge in [0.25, 0.3) is 11.1 Å². The van der Waals surface area contributed by atoms with Crippen LogP contribution in [0.3, 0.4) is 0 Å². The molecule has 192 valence electrons. The van der Waals surface area contributed by atoms with Gasteiger partial charge in [-0.05, 0) is 56.2 Å². The van der Waals surface area contributed by atoms with Crippen molar-refractivity contribution in [3.63, 3.8) is 0 Å². The minimum absolute atomic E-state index is 0.232. The molecule has 1 aliphatic heterocycles. The van der Waals surface area contributed by atoms with Gasteiger partial charge in [-0.3, -0.25) is 14.7 Å². The first-order valence-electron chi connectivity index (χ1n) is 12.9. The molecule has 8 heteroatoms. The number of fused-ring (bicyclic) bond motifs is 2. The number of thiazole rings is 1. The highest BCUT2D eigenvalue weighted by atomic mass is 32.1. The Balaban J connectivity index is 1.06. The third kappa shape index (κ3) is 6.27. The molecule has 0 N–H and O–H groups in total. The van der Waals surface area contributed by atoms with Crippen molar-refractivity contribution in [2.75, 3.05) is 19.7 Å². The van der Waals surface area contributed by atoms with E-state index in [4.69, 9.17) is 4.74 Å². The van der Waals surface area contributed by atoms with Crippen LogP contribution < -0.4 is 4.74 Å². The monoisotopic (exact) mass is 513 g/mol. The molecule has 3 heterocycles. The van der Waals surface area contributed by atoms with Crippen LogP contribution in [0.15, 0.2) is 36.5 Å². The molecule has 1 aliphatic carbocycles. The number of pyridine rings is 1. The highest BCUT2D eigenvalue weighted by molar-refractivity contribution is 7.13. The first kappa shape index (κ1) is 25.2. The Morgan fingerprint density at radius 3 is 2.78 bits per heavy atom. The normalized spacial score (nSPS) is 20.9. The van der Waals surface area contributed by atoms with Gasteiger partial charge in [0.2, 0.25) is 0 Å². The quantitative estimate of drug-likeness (QED) is 0.304. The molecule has 3 aromatic rings. The molecule has 0 atom stereocenters. The van der Waals surface area contributed by atoms with Gasteiger partial charge in [0.05, 0.1) is 11.2 Å². The average molecular weight is 514 g/mol. The lowest BCUT2D eigenvalue weighted by atomic mass is 9.78. The van der Waals surface area contributed by atoms with Crippen LogP contribution in [0.4, 0.5) is 8.78 Å². The predicted octanol–water partition coefficient (Wildman–Crippen LogP) is 6.55. The number of nitrogens with zero attached hydrogens (tertiary/aromatic N) is 3. The van der Waals surface area contributed by atoms with Gasteiger partial charge in [0, 0.05) is 48.5 Å². The summed E-state index contributed by atoms with van der Waals surface area (Å²) < 4.78 is 31.4. The summed E-state index contributed by atoms with van der Waals surface area (Å²) >= 11 is 1.40. The molecule has 1 fully saturated rings. The fourth-order valence-corrected chi connectivity index (χ4v) is 6.38. The molecule has 36 heavy (non-hydrogen) atoms. The number of halogens is 2. The van der Waals surface area contributed by atoms with E-state index in [9.17, 15) is 13.6 Å². The van der Waals surface area contributed by atoms with Crippen LogP contribution in [0.1, 0.15) is 66.4 Å². The van der Waals surface area contributed by atoms with Crippen LogP contribution in [0.5, 0.6) is 5.19 Å². The summed E-state index contributed by atoms with van der Waals surface area (Å²) in [5.41, 5.74) is 2.65. The molecule has 2 aromatic heterocycles. The lowest BCUT2D eigenvalue weighted by molar-refractivity contribution is -0.0230. The second-order valence-corrected chi connectivity index (χ2v) is 11.5. The van der Waals surface area contributed by atoms with Gasteiger partial charge in [0.1, 0.15) is 0 Å². The number of carbonyl (C=O) groups is 1. The lowest BCUT2D eigenvalue weighted by Gasteiger charge is -2.31. The maximum atomic E-state index is 13.1. The number of aromatic nitrogens is 2. The number of hydrogen-bond donors (Lipinski definition) is 0. The number of hydrogen-bond acceptors (Lipinski definition) is 6. The molecular weight excluding hydrogens is 480 g/mol. The van der Waals surface area contributed by atoms with E-state index in [1.807, 2.05) is 30.3 Å². The second-order valence-electron chi connectivity index (χ2n) is 10.4. The fourth-order valence-electron chi connectivity index (χ4n) is 5.48. The third-order valence-electron chi connectivity index (χ3n) is 7.48. The van der Waals surface area contributed by atoms with E-state index in [2.05, 4.69) is 14.9 Å². The molecule has 1 aromatic carbocycles. The predicted molar refractivity (Wildman–Crippen MR) is 138 cm³/mol. The van der Waals surface area contributed by atoms with Crippen molar-refractivity contribution < 1.29 is 18.3 Å². The van der Waals surface area contributed by atoms with Gasteiger partial charge in [-0.15, -0.1) is 0 Å². The standard InChI is InChI=1S/C28H33F2N3O2S/c1-28(29,30)18-35-27-32-24-17-33(15-12-26(24)36-27)14-11-19-7-9-20(10-8-19)16-25(34)22-4-2-6-23-21(22)5-3-13-31-23/h2-6,13,19-20H,7-12,14-18H2,1H3. The van der Waals surface area contributed by atoms with Gasteiger partial charge in [-0.2, -0.15) is 0 Å². The summed E-state index contributed by atoms with van der Waals surface area (Å²) in [5.74, 6) is -1.46. The number of Topliss-reactive ketones (excluding diaryl/α,β-unsaturated/α-hetero) is 1. The summed E-state index contributed by atoms with van der Waals surface area (Å²) in [6.45, 7) is 2.99. The first-order chi connectivity index (χ1) is 17.3. The van der Waals surface area contributed by atoms with Crippen LogP contribution in [-0.4, -0.2) is 46.3 Å². The van der Waals surface area contributed by atoms with E-state index in [0.717, 1.165) is 79.3 Å². The van der Waals surface area contributed by atoms with Crippen molar-refractivity contribution >= 4 is 28.0 Å². The van der Waals surface area contributed by atoms with Crippen molar-refractivity contribution in [2.24, 2.45) is 11.8 Å². The van der Waals surface area contributed by atoms with Gasteiger partial charge in [-0.25, -0.2) is 13.8 Å². The van der Waals surface area contributed by atoms with E-state index >= 15 is 0 Å². The molecule has 0 saturated heterocycles. The number of ether oxygens (including phenoxy) is 1. The summed E-state index contributed by atoms with van der Waals surface area (Å²) in [5, 5.41) is 1.31. The Morgan fingerprint density at radius 2 is 1.97 bits per heavy atom. The van der Waals surface area contributed by atoms with Crippen LogP contribution in [0, 0.1) is 11.8 Å². The molecule has 5 nitrogen and oxygen atoms in total. The van der Waals surface area contributed by atoms with Crippen molar-refractivity contribution in [3.8, 4) is 5.19 Å². The number of benzene rings is 1. The minimum Gasteiger partial charge on any atom is -0.464 e. The summed E-state index contributed by atoms with van der Waals surface area (Å²) in [6, 6.07) is 9.68. The summed E-state index contributed by atoms with van der Waals surface area (Å²) in [4.78, 5) is 25.5. The Bertz CT molecular complexity index is 1200. The number of ketones is 1. The lowest BCUT2D eigenvalue weighted by Crippen LogP contribution is -2.32. The molecular formula is C28H33F2N3O2S. The zero-order valence-electron chi connectivity index (χ0n) is 20.7. The van der Waals surface area contributed by atoms with E-state index in [1.54, 1.807) is 6.20 Å². The first-order valence-corrected chi connectivity index (χ1v) is 13.7. The molecule has 0 bridgehead atoms. The van der Waals surface area contributed by atoms with E-state index in [-0.39, 0.29) is 5.78 Å². The van der Waals surface area contributed by atoms with Crippen LogP contribution in [0.2, 0.25) is 0 Å². The maximum Gasteiger partial charge on any atom is 0.278 e. The topological polar surface area (TPSA) is 55.3 Å². The maximum absolute atomic E-state index is 13.1. The minimum atomic E-state index is -2.85. The number of rotatable bonds is 9. The van der Waals surface area contributed by atoms with E-state index in [1.165, 1.54) is 24.2 Å². The Morgan fingerprint density at radius 1 is 1.17 bits per heavy atom. The van der Waals surface area contributed by atoms with Crippen LogP contribution >= 0.6 is 11.3 Å². The molecule has 0 amide bonds. The van der Waals surface area contributed by atoms with Gasteiger partial charge >= 0.3 is 0 Å². The Hall–Kier alpha value is -2.45. The highest BCUT2D eigenvalue weighted by Gasteiger charge is 2.27. The average Bonchev–Trinajstić information content (AvgIpc) is 3.29. The smallest absolute Gasteiger partial charge is 0.278 e. The molecule has 0 spiro atoms. The van der Waals surface area contributed by atoms with Crippen LogP contribution in [-0.2, 0) is 13.0 Å². The Labute approximate surface area is 214 Å². The molecule has 1 saturated carbocycles.